The Morgan fingerprint density at radius 1 is 1.32 bits per heavy atom. The summed E-state index contributed by atoms with van der Waals surface area (Å²) in [5.74, 6) is 1.92. The molecule has 1 heterocycles. The Labute approximate surface area is 166 Å². The molecule has 1 aliphatic rings. The molecule has 0 unspecified atom stereocenters. The fourth-order valence-corrected chi connectivity index (χ4v) is 3.14. The van der Waals surface area contributed by atoms with Gasteiger partial charge in [-0.3, -0.25) is 4.79 Å². The number of aryl methyl sites for hydroxylation is 1. The molecular formula is C16H29IN6O2. The van der Waals surface area contributed by atoms with Crippen LogP contribution in [0.3, 0.4) is 0 Å². The number of nitrogens with zero attached hydrogens (tertiary/aromatic N) is 4. The van der Waals surface area contributed by atoms with E-state index in [1.165, 1.54) is 0 Å². The van der Waals surface area contributed by atoms with Crippen LogP contribution in [0.1, 0.15) is 44.3 Å². The number of hydrogen-bond donors (Lipinski definition) is 2. The van der Waals surface area contributed by atoms with E-state index in [2.05, 4.69) is 25.8 Å². The second-order valence-electron chi connectivity index (χ2n) is 6.47. The van der Waals surface area contributed by atoms with E-state index >= 15 is 0 Å². The van der Waals surface area contributed by atoms with Crippen molar-refractivity contribution in [2.75, 3.05) is 27.2 Å². The van der Waals surface area contributed by atoms with Gasteiger partial charge in [0.1, 0.15) is 6.54 Å². The predicted octanol–water partition coefficient (Wildman–Crippen LogP) is 1.70. The fourth-order valence-electron chi connectivity index (χ4n) is 3.14. The third-order valence-electron chi connectivity index (χ3n) is 4.30. The molecule has 1 amide bonds. The van der Waals surface area contributed by atoms with Crippen LogP contribution < -0.4 is 10.6 Å². The number of carbonyl (C=O) groups is 1. The second kappa shape index (κ2) is 9.93. The highest BCUT2D eigenvalue weighted by atomic mass is 127. The Bertz CT molecular complexity index is 581. The molecule has 1 aromatic rings. The maximum atomic E-state index is 12.6. The minimum Gasteiger partial charge on any atom is -0.357 e. The van der Waals surface area contributed by atoms with Crippen LogP contribution in [0.15, 0.2) is 9.52 Å². The molecule has 0 saturated heterocycles. The Kier molecular flexibility index (Phi) is 8.60. The molecule has 1 aliphatic carbocycles. The van der Waals surface area contributed by atoms with E-state index in [4.69, 9.17) is 4.52 Å². The molecule has 1 fully saturated rings. The highest BCUT2D eigenvalue weighted by Crippen LogP contribution is 2.38. The van der Waals surface area contributed by atoms with Gasteiger partial charge >= 0.3 is 0 Å². The Morgan fingerprint density at radius 3 is 2.52 bits per heavy atom. The normalized spacial score (nSPS) is 16.2. The monoisotopic (exact) mass is 464 g/mol. The topological polar surface area (TPSA) is 95.6 Å². The lowest BCUT2D eigenvalue weighted by Crippen LogP contribution is -2.49. The molecule has 0 aliphatic heterocycles. The van der Waals surface area contributed by atoms with E-state index in [0.717, 1.165) is 32.2 Å². The van der Waals surface area contributed by atoms with Gasteiger partial charge in [-0.05, 0) is 26.7 Å². The number of amides is 1. The molecule has 0 radical (unpaired) electrons. The van der Waals surface area contributed by atoms with Crippen molar-refractivity contribution in [1.82, 2.24) is 25.7 Å². The van der Waals surface area contributed by atoms with Gasteiger partial charge in [0.15, 0.2) is 11.8 Å². The summed E-state index contributed by atoms with van der Waals surface area (Å²) in [5, 5.41) is 10.3. The molecule has 8 nitrogen and oxygen atoms in total. The molecule has 25 heavy (non-hydrogen) atoms. The first kappa shape index (κ1) is 21.7. The number of nitrogens with one attached hydrogen (secondary N) is 2. The van der Waals surface area contributed by atoms with Gasteiger partial charge in [-0.1, -0.05) is 18.0 Å². The van der Waals surface area contributed by atoms with Crippen LogP contribution >= 0.6 is 24.0 Å². The van der Waals surface area contributed by atoms with Crippen LogP contribution in [0.25, 0.3) is 0 Å². The fraction of sp³-hybridized carbons (Fsp3) is 0.750. The average molecular weight is 464 g/mol. The van der Waals surface area contributed by atoms with Crippen molar-refractivity contribution in [1.29, 1.82) is 0 Å². The smallest absolute Gasteiger partial charge is 0.248 e. The minimum absolute atomic E-state index is 0. The Hall–Kier alpha value is -1.39. The maximum Gasteiger partial charge on any atom is 0.248 e. The predicted molar refractivity (Wildman–Crippen MR) is 107 cm³/mol. The third-order valence-corrected chi connectivity index (χ3v) is 4.30. The van der Waals surface area contributed by atoms with Crippen LogP contribution in [-0.2, 0) is 11.3 Å². The minimum atomic E-state index is -0.333. The SMILES string of the molecule is CCNC(=NCc1nc(C)no1)NCC1(C(=O)N(C)C)CCCC1.I. The Balaban J connectivity index is 0.00000312. The third kappa shape index (κ3) is 5.82. The zero-order valence-corrected chi connectivity index (χ0v) is 17.8. The summed E-state index contributed by atoms with van der Waals surface area (Å²) in [4.78, 5) is 22.9. The molecule has 0 bridgehead atoms. The molecule has 142 valence electrons. The first-order valence-electron chi connectivity index (χ1n) is 8.50. The van der Waals surface area contributed by atoms with Gasteiger partial charge in [0.25, 0.3) is 0 Å². The highest BCUT2D eigenvalue weighted by molar-refractivity contribution is 14.0. The molecule has 0 atom stereocenters. The second-order valence-corrected chi connectivity index (χ2v) is 6.47. The van der Waals surface area contributed by atoms with Crippen molar-refractivity contribution in [2.45, 2.75) is 46.1 Å². The molecule has 9 heteroatoms. The largest absolute Gasteiger partial charge is 0.357 e. The zero-order valence-electron chi connectivity index (χ0n) is 15.5. The van der Waals surface area contributed by atoms with E-state index in [1.54, 1.807) is 11.8 Å². The maximum absolute atomic E-state index is 12.6. The standard InChI is InChI=1S/C16H28N6O2.HI/c1-5-17-15(18-10-13-20-12(2)21-24-13)19-11-16(8-6-7-9-16)14(23)22(3)4;/h5-11H2,1-4H3,(H2,17,18,19);1H. The quantitative estimate of drug-likeness (QED) is 0.378. The molecule has 0 aromatic carbocycles. The molecule has 0 spiro atoms. The number of aromatic nitrogens is 2. The summed E-state index contributed by atoms with van der Waals surface area (Å²) in [6, 6.07) is 0. The average Bonchev–Trinajstić information content (AvgIpc) is 3.19. The molecule has 2 N–H and O–H groups in total. The van der Waals surface area contributed by atoms with Gasteiger partial charge in [-0.25, -0.2) is 4.99 Å². The summed E-state index contributed by atoms with van der Waals surface area (Å²) in [6.07, 6.45) is 4.02. The number of halogens is 1. The van der Waals surface area contributed by atoms with Gasteiger partial charge in [0.05, 0.1) is 5.41 Å². The van der Waals surface area contributed by atoms with Gasteiger partial charge < -0.3 is 20.1 Å². The van der Waals surface area contributed by atoms with Crippen molar-refractivity contribution < 1.29 is 9.32 Å². The Morgan fingerprint density at radius 2 is 2.00 bits per heavy atom. The van der Waals surface area contributed by atoms with Crippen LogP contribution in [0.5, 0.6) is 0 Å². The first-order valence-corrected chi connectivity index (χ1v) is 8.50. The molecule has 1 saturated carbocycles. The van der Waals surface area contributed by atoms with E-state index in [-0.39, 0.29) is 35.3 Å². The summed E-state index contributed by atoms with van der Waals surface area (Å²) >= 11 is 0. The lowest BCUT2D eigenvalue weighted by Gasteiger charge is -2.31. The van der Waals surface area contributed by atoms with Crippen molar-refractivity contribution in [3.05, 3.63) is 11.7 Å². The van der Waals surface area contributed by atoms with Crippen molar-refractivity contribution in [3.8, 4) is 0 Å². The number of carbonyl (C=O) groups excluding carboxylic acids is 1. The number of rotatable bonds is 6. The zero-order chi connectivity index (χ0) is 17.6. The van der Waals surface area contributed by atoms with Crippen LogP contribution in [-0.4, -0.2) is 54.1 Å². The van der Waals surface area contributed by atoms with Crippen molar-refractivity contribution >= 4 is 35.8 Å². The van der Waals surface area contributed by atoms with E-state index in [9.17, 15) is 4.79 Å². The van der Waals surface area contributed by atoms with E-state index in [1.807, 2.05) is 21.0 Å². The molecular weight excluding hydrogens is 435 g/mol. The van der Waals surface area contributed by atoms with Crippen LogP contribution in [0, 0.1) is 12.3 Å². The van der Waals surface area contributed by atoms with Gasteiger partial charge in [-0.2, -0.15) is 4.98 Å². The number of aliphatic imine (C=N–C) groups is 1. The van der Waals surface area contributed by atoms with Gasteiger partial charge in [-0.15, -0.1) is 24.0 Å². The van der Waals surface area contributed by atoms with E-state index < -0.39 is 0 Å². The summed E-state index contributed by atoms with van der Waals surface area (Å²) < 4.78 is 5.08. The van der Waals surface area contributed by atoms with Crippen LogP contribution in [0.4, 0.5) is 0 Å². The highest BCUT2D eigenvalue weighted by Gasteiger charge is 2.42. The number of guanidine groups is 1. The van der Waals surface area contributed by atoms with Gasteiger partial charge in [0, 0.05) is 27.2 Å². The van der Waals surface area contributed by atoms with Crippen molar-refractivity contribution in [3.63, 3.8) is 0 Å². The number of hydrogen-bond acceptors (Lipinski definition) is 5. The summed E-state index contributed by atoms with van der Waals surface area (Å²) in [7, 11) is 3.64. The lowest BCUT2D eigenvalue weighted by atomic mass is 9.84. The van der Waals surface area contributed by atoms with E-state index in [0.29, 0.717) is 30.8 Å². The molecule has 2 rings (SSSR count). The van der Waals surface area contributed by atoms with Crippen molar-refractivity contribution in [2.24, 2.45) is 10.4 Å². The lowest BCUT2D eigenvalue weighted by molar-refractivity contribution is -0.138. The molecule has 1 aromatic heterocycles. The summed E-state index contributed by atoms with van der Waals surface area (Å²) in [6.45, 7) is 5.41. The summed E-state index contributed by atoms with van der Waals surface area (Å²) in [5.41, 5.74) is -0.333. The van der Waals surface area contributed by atoms with Gasteiger partial charge in [0.2, 0.25) is 11.8 Å². The first-order chi connectivity index (χ1) is 11.5. The van der Waals surface area contributed by atoms with Crippen LogP contribution in [0.2, 0.25) is 0 Å².